The lowest BCUT2D eigenvalue weighted by Crippen LogP contribution is -2.11. The summed E-state index contributed by atoms with van der Waals surface area (Å²) in [6.45, 7) is 3.65. The number of aryl methyl sites for hydroxylation is 2. The number of nitrogens with zero attached hydrogens (tertiary/aromatic N) is 1. The third kappa shape index (κ3) is 4.05. The number of nitrogens with one attached hydrogen (secondary N) is 1. The molecule has 7 nitrogen and oxygen atoms in total. The number of primary amides is 1. The van der Waals surface area contributed by atoms with E-state index in [1.165, 1.54) is 0 Å². The molecule has 31 heavy (non-hydrogen) atoms. The molecule has 162 valence electrons. The molecule has 1 amide bonds. The van der Waals surface area contributed by atoms with Crippen LogP contribution in [0.15, 0.2) is 34.9 Å². The number of halogens is 1. The number of H-pyrrole nitrogens is 1. The molecule has 0 fully saturated rings. The van der Waals surface area contributed by atoms with E-state index in [9.17, 15) is 13.2 Å². The Hall–Kier alpha value is -2.84. The molecule has 2 aromatic carbocycles. The molecule has 0 atom stereocenters. The minimum Gasteiger partial charge on any atom is -0.366 e. The molecule has 0 aliphatic heterocycles. The Morgan fingerprint density at radius 1 is 1.19 bits per heavy atom. The van der Waals surface area contributed by atoms with Crippen LogP contribution in [0.3, 0.4) is 0 Å². The third-order valence-corrected chi connectivity index (χ3v) is 7.29. The van der Waals surface area contributed by atoms with E-state index in [4.69, 9.17) is 21.9 Å². The van der Waals surface area contributed by atoms with E-state index >= 15 is 0 Å². The smallest absolute Gasteiger partial charge is 0.250 e. The number of carbonyl (C=O) groups is 1. The van der Waals surface area contributed by atoms with E-state index in [0.717, 1.165) is 33.1 Å². The van der Waals surface area contributed by atoms with Gasteiger partial charge in [-0.3, -0.25) is 4.79 Å². The molecular weight excluding hydrogens is 438 g/mol. The second-order valence-electron chi connectivity index (χ2n) is 7.65. The molecule has 0 saturated heterocycles. The Morgan fingerprint density at radius 3 is 2.61 bits per heavy atom. The Morgan fingerprint density at radius 2 is 1.97 bits per heavy atom. The van der Waals surface area contributed by atoms with Crippen LogP contribution >= 0.6 is 11.6 Å². The van der Waals surface area contributed by atoms with Gasteiger partial charge in [0.1, 0.15) is 5.76 Å². The molecular formula is C22H22ClN3O4S. The maximum absolute atomic E-state index is 12.3. The lowest BCUT2D eigenvalue weighted by molar-refractivity contribution is 0.100. The average molecular weight is 460 g/mol. The van der Waals surface area contributed by atoms with Crippen LogP contribution in [0.5, 0.6) is 0 Å². The van der Waals surface area contributed by atoms with Crippen molar-refractivity contribution in [2.75, 3.05) is 11.6 Å². The molecule has 0 aliphatic rings. The standard InChI is InChI=1S/C22H22ClN3O4S/c1-12-20(13(2)30-26-12)15-9-17-16-5-4-14(11-31(28,29)7-3-6-23)8-19(16)25-21(17)18(10-15)22(24)27/h4-5,8-10,25H,3,6-7,11H2,1-2H3,(H2,24,27). The molecule has 0 bridgehead atoms. The van der Waals surface area contributed by atoms with Crippen LogP contribution in [0.1, 0.15) is 33.8 Å². The van der Waals surface area contributed by atoms with Crippen molar-refractivity contribution < 1.29 is 17.7 Å². The summed E-state index contributed by atoms with van der Waals surface area (Å²) in [5.74, 6) is 0.380. The van der Waals surface area contributed by atoms with Crippen LogP contribution in [0, 0.1) is 13.8 Å². The average Bonchev–Trinajstić information content (AvgIpc) is 3.24. The summed E-state index contributed by atoms with van der Waals surface area (Å²) >= 11 is 5.63. The topological polar surface area (TPSA) is 119 Å². The molecule has 0 radical (unpaired) electrons. The van der Waals surface area contributed by atoms with Gasteiger partial charge in [-0.05, 0) is 49.6 Å². The van der Waals surface area contributed by atoms with Gasteiger partial charge < -0.3 is 15.2 Å². The van der Waals surface area contributed by atoms with Crippen molar-refractivity contribution in [3.05, 3.63) is 52.9 Å². The van der Waals surface area contributed by atoms with Gasteiger partial charge in [-0.2, -0.15) is 0 Å². The minimum atomic E-state index is -3.25. The quantitative estimate of drug-likeness (QED) is 0.400. The van der Waals surface area contributed by atoms with Crippen LogP contribution in [0.4, 0.5) is 0 Å². The number of alkyl halides is 1. The molecule has 4 rings (SSSR count). The van der Waals surface area contributed by atoms with Gasteiger partial charge in [-0.25, -0.2) is 8.42 Å². The summed E-state index contributed by atoms with van der Waals surface area (Å²) in [7, 11) is -3.25. The van der Waals surface area contributed by atoms with Crippen molar-refractivity contribution in [2.45, 2.75) is 26.0 Å². The normalized spacial score (nSPS) is 12.1. The van der Waals surface area contributed by atoms with Crippen molar-refractivity contribution in [3.8, 4) is 11.1 Å². The Kier molecular flexibility index (Phi) is 5.53. The number of hydrogen-bond acceptors (Lipinski definition) is 5. The van der Waals surface area contributed by atoms with Crippen molar-refractivity contribution in [1.29, 1.82) is 0 Å². The van der Waals surface area contributed by atoms with Crippen LogP contribution in [-0.2, 0) is 15.6 Å². The maximum Gasteiger partial charge on any atom is 0.250 e. The highest BCUT2D eigenvalue weighted by atomic mass is 35.5. The second kappa shape index (κ2) is 8.01. The molecule has 0 spiro atoms. The van der Waals surface area contributed by atoms with Crippen LogP contribution in [-0.4, -0.2) is 36.1 Å². The van der Waals surface area contributed by atoms with Crippen LogP contribution in [0.2, 0.25) is 0 Å². The second-order valence-corrected chi connectivity index (χ2v) is 10.2. The fraction of sp³-hybridized carbons (Fsp3) is 0.273. The van der Waals surface area contributed by atoms with E-state index in [1.807, 2.05) is 26.0 Å². The molecule has 2 aromatic heterocycles. The summed E-state index contributed by atoms with van der Waals surface area (Å²) in [5.41, 5.74) is 10.4. The number of carbonyl (C=O) groups excluding carboxylic acids is 1. The number of hydrogen-bond donors (Lipinski definition) is 2. The summed E-state index contributed by atoms with van der Waals surface area (Å²) in [5, 5.41) is 5.69. The molecule has 4 aromatic rings. The van der Waals surface area contributed by atoms with Crippen molar-refractivity contribution in [3.63, 3.8) is 0 Å². The van der Waals surface area contributed by atoms with E-state index in [2.05, 4.69) is 10.1 Å². The van der Waals surface area contributed by atoms with Gasteiger partial charge >= 0.3 is 0 Å². The number of nitrogens with two attached hydrogens (primary N) is 1. The summed E-state index contributed by atoms with van der Waals surface area (Å²) in [6.07, 6.45) is 0.422. The van der Waals surface area contributed by atoms with Crippen LogP contribution in [0.25, 0.3) is 32.9 Å². The molecule has 0 unspecified atom stereocenters. The van der Waals surface area contributed by atoms with Crippen molar-refractivity contribution >= 4 is 49.2 Å². The van der Waals surface area contributed by atoms with Crippen LogP contribution < -0.4 is 5.73 Å². The number of amides is 1. The molecule has 2 heterocycles. The van der Waals surface area contributed by atoms with Gasteiger partial charge in [-0.15, -0.1) is 11.6 Å². The van der Waals surface area contributed by atoms with Gasteiger partial charge in [-0.1, -0.05) is 17.3 Å². The first-order valence-electron chi connectivity index (χ1n) is 9.78. The monoisotopic (exact) mass is 459 g/mol. The third-order valence-electron chi connectivity index (χ3n) is 5.34. The van der Waals surface area contributed by atoms with E-state index < -0.39 is 15.7 Å². The first kappa shape index (κ1) is 21.4. The number of aromatic amines is 1. The first-order chi connectivity index (χ1) is 14.7. The maximum atomic E-state index is 12.3. The van der Waals surface area contributed by atoms with E-state index in [1.54, 1.807) is 18.2 Å². The molecule has 0 saturated carbocycles. The van der Waals surface area contributed by atoms with Gasteiger partial charge in [0, 0.05) is 27.7 Å². The highest BCUT2D eigenvalue weighted by molar-refractivity contribution is 7.90. The van der Waals surface area contributed by atoms with Gasteiger partial charge in [0.15, 0.2) is 9.84 Å². The van der Waals surface area contributed by atoms with E-state index in [0.29, 0.717) is 34.7 Å². The number of aromatic nitrogens is 2. The zero-order valence-corrected chi connectivity index (χ0v) is 18.7. The number of rotatable bonds is 7. The predicted molar refractivity (Wildman–Crippen MR) is 122 cm³/mol. The summed E-state index contributed by atoms with van der Waals surface area (Å²) in [6, 6.07) is 9.14. The lowest BCUT2D eigenvalue weighted by atomic mass is 9.98. The summed E-state index contributed by atoms with van der Waals surface area (Å²) in [4.78, 5) is 15.5. The Balaban J connectivity index is 1.87. The Labute approximate surface area is 184 Å². The van der Waals surface area contributed by atoms with Crippen molar-refractivity contribution in [1.82, 2.24) is 10.1 Å². The van der Waals surface area contributed by atoms with E-state index in [-0.39, 0.29) is 11.5 Å². The Bertz CT molecular complexity index is 1400. The number of benzene rings is 2. The number of sulfone groups is 1. The number of fused-ring (bicyclic) bond motifs is 3. The van der Waals surface area contributed by atoms with Crippen molar-refractivity contribution in [2.24, 2.45) is 5.73 Å². The highest BCUT2D eigenvalue weighted by Crippen LogP contribution is 2.35. The first-order valence-corrected chi connectivity index (χ1v) is 12.1. The zero-order valence-electron chi connectivity index (χ0n) is 17.2. The lowest BCUT2D eigenvalue weighted by Gasteiger charge is -2.06. The zero-order chi connectivity index (χ0) is 22.3. The molecule has 9 heteroatoms. The fourth-order valence-corrected chi connectivity index (χ4v) is 5.69. The molecule has 3 N–H and O–H groups in total. The minimum absolute atomic E-state index is 0.0495. The highest BCUT2D eigenvalue weighted by Gasteiger charge is 2.19. The van der Waals surface area contributed by atoms with Gasteiger partial charge in [0.2, 0.25) is 0 Å². The summed E-state index contributed by atoms with van der Waals surface area (Å²) < 4.78 is 29.9. The molecule has 0 aliphatic carbocycles. The SMILES string of the molecule is Cc1noc(C)c1-c1cc(C(N)=O)c2[nH]c3cc(CS(=O)(=O)CCCCl)ccc3c2c1. The van der Waals surface area contributed by atoms with Gasteiger partial charge in [0.25, 0.3) is 5.91 Å². The van der Waals surface area contributed by atoms with Gasteiger partial charge in [0.05, 0.1) is 28.3 Å². The fourth-order valence-electron chi connectivity index (χ4n) is 3.98. The largest absolute Gasteiger partial charge is 0.366 e. The predicted octanol–water partition coefficient (Wildman–Crippen LogP) is 4.24.